The van der Waals surface area contributed by atoms with Gasteiger partial charge in [0.1, 0.15) is 12.4 Å². The number of carbonyl (C=O) groups excluding carboxylic acids is 2. The van der Waals surface area contributed by atoms with E-state index in [1.807, 2.05) is 0 Å². The summed E-state index contributed by atoms with van der Waals surface area (Å²) in [5, 5.41) is 13.5. The Morgan fingerprint density at radius 2 is 1.76 bits per heavy atom. The van der Waals surface area contributed by atoms with Crippen molar-refractivity contribution in [1.29, 1.82) is 0 Å². The second-order valence-electron chi connectivity index (χ2n) is 5.46. The maximum Gasteiger partial charge on any atom is 0.322 e. The van der Waals surface area contributed by atoms with E-state index in [0.29, 0.717) is 22.4 Å². The van der Waals surface area contributed by atoms with Crippen molar-refractivity contribution < 1.29 is 23.9 Å². The Kier molecular flexibility index (Phi) is 5.84. The quantitative estimate of drug-likeness (QED) is 0.748. The first kappa shape index (κ1) is 18.1. The standard InChI is InChI=1S/C18H17FN2O4/c1-11-8-13(19)4-7-15(11)18(25)21-14-5-2-12(3-6-14)9-16(22)20-10-17(23)24/h2-8H,9-10H2,1H3,(H,20,22)(H,21,25)(H,23,24). The summed E-state index contributed by atoms with van der Waals surface area (Å²) in [4.78, 5) is 34.1. The molecule has 2 aromatic carbocycles. The zero-order chi connectivity index (χ0) is 18.4. The molecule has 25 heavy (non-hydrogen) atoms. The Hall–Kier alpha value is -3.22. The number of amides is 2. The predicted octanol–water partition coefficient (Wildman–Crippen LogP) is 2.13. The molecule has 0 saturated heterocycles. The van der Waals surface area contributed by atoms with Crippen LogP contribution in [0.1, 0.15) is 21.5 Å². The molecule has 0 aliphatic rings. The van der Waals surface area contributed by atoms with Crippen molar-refractivity contribution in [2.24, 2.45) is 0 Å². The van der Waals surface area contributed by atoms with E-state index in [4.69, 9.17) is 5.11 Å². The van der Waals surface area contributed by atoms with E-state index in [0.717, 1.165) is 0 Å². The molecule has 7 heteroatoms. The van der Waals surface area contributed by atoms with Crippen LogP contribution in [-0.4, -0.2) is 29.4 Å². The molecule has 0 aliphatic carbocycles. The van der Waals surface area contributed by atoms with Gasteiger partial charge in [0.15, 0.2) is 0 Å². The van der Waals surface area contributed by atoms with Gasteiger partial charge in [-0.25, -0.2) is 4.39 Å². The molecule has 2 aromatic rings. The van der Waals surface area contributed by atoms with Gasteiger partial charge < -0.3 is 15.7 Å². The monoisotopic (exact) mass is 344 g/mol. The van der Waals surface area contributed by atoms with Crippen LogP contribution in [-0.2, 0) is 16.0 Å². The van der Waals surface area contributed by atoms with E-state index in [2.05, 4.69) is 10.6 Å². The lowest BCUT2D eigenvalue weighted by molar-refractivity contribution is -0.137. The Morgan fingerprint density at radius 1 is 1.08 bits per heavy atom. The molecular weight excluding hydrogens is 327 g/mol. The smallest absolute Gasteiger partial charge is 0.322 e. The number of carboxylic acid groups (broad SMARTS) is 1. The number of rotatable bonds is 6. The van der Waals surface area contributed by atoms with E-state index >= 15 is 0 Å². The van der Waals surface area contributed by atoms with E-state index in [9.17, 15) is 18.8 Å². The van der Waals surface area contributed by atoms with Crippen molar-refractivity contribution >= 4 is 23.5 Å². The number of anilines is 1. The fourth-order valence-corrected chi connectivity index (χ4v) is 2.21. The molecule has 0 radical (unpaired) electrons. The third-order valence-corrected chi connectivity index (χ3v) is 3.45. The Balaban J connectivity index is 1.96. The van der Waals surface area contributed by atoms with Crippen molar-refractivity contribution in [3.05, 3.63) is 65.0 Å². The van der Waals surface area contributed by atoms with Crippen molar-refractivity contribution in [1.82, 2.24) is 5.32 Å². The van der Waals surface area contributed by atoms with Gasteiger partial charge in [-0.15, -0.1) is 0 Å². The first-order valence-corrected chi connectivity index (χ1v) is 7.50. The summed E-state index contributed by atoms with van der Waals surface area (Å²) in [6.45, 7) is 1.22. The molecule has 6 nitrogen and oxygen atoms in total. The molecule has 0 spiro atoms. The van der Waals surface area contributed by atoms with Crippen molar-refractivity contribution in [3.8, 4) is 0 Å². The predicted molar refractivity (Wildman–Crippen MR) is 89.9 cm³/mol. The number of hydrogen-bond acceptors (Lipinski definition) is 3. The van der Waals surface area contributed by atoms with Crippen molar-refractivity contribution in [3.63, 3.8) is 0 Å². The summed E-state index contributed by atoms with van der Waals surface area (Å²) in [6, 6.07) is 10.5. The van der Waals surface area contributed by atoms with E-state index in [-0.39, 0.29) is 12.3 Å². The summed E-state index contributed by atoms with van der Waals surface area (Å²) in [5.74, 6) is -2.27. The van der Waals surface area contributed by atoms with Crippen LogP contribution in [0, 0.1) is 12.7 Å². The minimum absolute atomic E-state index is 0.0403. The fourth-order valence-electron chi connectivity index (χ4n) is 2.21. The van der Waals surface area contributed by atoms with Gasteiger partial charge in [-0.05, 0) is 48.4 Å². The molecule has 0 saturated carbocycles. The van der Waals surface area contributed by atoms with Crippen LogP contribution in [0.25, 0.3) is 0 Å². The molecule has 0 atom stereocenters. The van der Waals surface area contributed by atoms with E-state index in [1.165, 1.54) is 18.2 Å². The van der Waals surface area contributed by atoms with Crippen LogP contribution in [0.2, 0.25) is 0 Å². The molecule has 0 bridgehead atoms. The number of nitrogens with one attached hydrogen (secondary N) is 2. The molecule has 0 fully saturated rings. The van der Waals surface area contributed by atoms with E-state index in [1.54, 1.807) is 31.2 Å². The Bertz CT molecular complexity index is 803. The number of benzene rings is 2. The van der Waals surface area contributed by atoms with Crippen LogP contribution in [0.4, 0.5) is 10.1 Å². The third kappa shape index (κ3) is 5.42. The molecule has 3 N–H and O–H groups in total. The highest BCUT2D eigenvalue weighted by Gasteiger charge is 2.10. The molecule has 130 valence electrons. The van der Waals surface area contributed by atoms with Gasteiger partial charge >= 0.3 is 5.97 Å². The second-order valence-corrected chi connectivity index (χ2v) is 5.46. The SMILES string of the molecule is Cc1cc(F)ccc1C(=O)Nc1ccc(CC(=O)NCC(=O)O)cc1. The molecule has 0 unspecified atom stereocenters. The average molecular weight is 344 g/mol. The highest BCUT2D eigenvalue weighted by atomic mass is 19.1. The van der Waals surface area contributed by atoms with Gasteiger partial charge in [-0.3, -0.25) is 14.4 Å². The summed E-state index contributed by atoms with van der Waals surface area (Å²) >= 11 is 0. The van der Waals surface area contributed by atoms with E-state index < -0.39 is 24.2 Å². The lowest BCUT2D eigenvalue weighted by Gasteiger charge is -2.09. The molecule has 0 aromatic heterocycles. The first-order chi connectivity index (χ1) is 11.8. The summed E-state index contributed by atoms with van der Waals surface area (Å²) < 4.78 is 13.1. The minimum Gasteiger partial charge on any atom is -0.480 e. The number of aryl methyl sites for hydroxylation is 1. The van der Waals surface area contributed by atoms with Gasteiger partial charge in [0.05, 0.1) is 6.42 Å². The second kappa shape index (κ2) is 8.05. The van der Waals surface area contributed by atoms with Crippen LogP contribution in [0.15, 0.2) is 42.5 Å². The number of hydrogen-bond donors (Lipinski definition) is 3. The zero-order valence-corrected chi connectivity index (χ0v) is 13.5. The molecule has 2 amide bonds. The van der Waals surface area contributed by atoms with Crippen LogP contribution in [0.3, 0.4) is 0 Å². The topological polar surface area (TPSA) is 95.5 Å². The Labute approximate surface area is 143 Å². The number of aliphatic carboxylic acids is 1. The maximum absolute atomic E-state index is 13.1. The lowest BCUT2D eigenvalue weighted by atomic mass is 10.1. The molecular formula is C18H17FN2O4. The normalized spacial score (nSPS) is 10.2. The lowest BCUT2D eigenvalue weighted by Crippen LogP contribution is -2.30. The summed E-state index contributed by atoms with van der Waals surface area (Å²) in [6.07, 6.45) is 0.0403. The van der Waals surface area contributed by atoms with Gasteiger partial charge in [-0.2, -0.15) is 0 Å². The average Bonchev–Trinajstić information content (AvgIpc) is 2.54. The molecule has 0 aliphatic heterocycles. The molecule has 0 heterocycles. The number of carboxylic acids is 1. The van der Waals surface area contributed by atoms with Gasteiger partial charge in [0.25, 0.3) is 5.91 Å². The fraction of sp³-hybridized carbons (Fsp3) is 0.167. The largest absolute Gasteiger partial charge is 0.480 e. The molecule has 2 rings (SSSR count). The van der Waals surface area contributed by atoms with Gasteiger partial charge in [0, 0.05) is 11.3 Å². The van der Waals surface area contributed by atoms with Crippen LogP contribution < -0.4 is 10.6 Å². The van der Waals surface area contributed by atoms with Crippen LogP contribution in [0.5, 0.6) is 0 Å². The first-order valence-electron chi connectivity index (χ1n) is 7.50. The maximum atomic E-state index is 13.1. The highest BCUT2D eigenvalue weighted by Crippen LogP contribution is 2.15. The van der Waals surface area contributed by atoms with Crippen molar-refractivity contribution in [2.45, 2.75) is 13.3 Å². The van der Waals surface area contributed by atoms with Crippen molar-refractivity contribution in [2.75, 3.05) is 11.9 Å². The highest BCUT2D eigenvalue weighted by molar-refractivity contribution is 6.05. The minimum atomic E-state index is -1.11. The Morgan fingerprint density at radius 3 is 2.36 bits per heavy atom. The van der Waals surface area contributed by atoms with Crippen LogP contribution >= 0.6 is 0 Å². The van der Waals surface area contributed by atoms with Gasteiger partial charge in [-0.1, -0.05) is 12.1 Å². The number of halogens is 1. The summed E-state index contributed by atoms with van der Waals surface area (Å²) in [7, 11) is 0. The third-order valence-electron chi connectivity index (χ3n) is 3.45. The number of carbonyl (C=O) groups is 3. The van der Waals surface area contributed by atoms with Gasteiger partial charge in [0.2, 0.25) is 5.91 Å². The summed E-state index contributed by atoms with van der Waals surface area (Å²) in [5.41, 5.74) is 2.12. The zero-order valence-electron chi connectivity index (χ0n) is 13.5.